The molecule has 2 nitrogen and oxygen atoms in total. The summed E-state index contributed by atoms with van der Waals surface area (Å²) in [5.74, 6) is 0.289. The van der Waals surface area contributed by atoms with Gasteiger partial charge in [-0.3, -0.25) is 5.41 Å². The van der Waals surface area contributed by atoms with Gasteiger partial charge in [0, 0.05) is 6.08 Å². The van der Waals surface area contributed by atoms with Gasteiger partial charge in [0.15, 0.2) is 0 Å². The van der Waals surface area contributed by atoms with Crippen LogP contribution >= 0.6 is 0 Å². The molecule has 2 heteroatoms. The average Bonchev–Trinajstić information content (AvgIpc) is 1.87. The van der Waals surface area contributed by atoms with E-state index in [2.05, 4.69) is 0 Å². The highest BCUT2D eigenvalue weighted by Crippen LogP contribution is 2.02. The van der Waals surface area contributed by atoms with Gasteiger partial charge >= 0.3 is 0 Å². The molecule has 1 aliphatic heterocycles. The maximum absolute atomic E-state index is 6.88. The Labute approximate surface area is 42.3 Å². The second kappa shape index (κ2) is 1.37. The monoisotopic (exact) mass is 97.1 g/mol. The minimum atomic E-state index is 0.289. The van der Waals surface area contributed by atoms with Crippen LogP contribution in [0.2, 0.25) is 0 Å². The van der Waals surface area contributed by atoms with Crippen LogP contribution in [0, 0.1) is 5.41 Å². The van der Waals surface area contributed by atoms with Gasteiger partial charge in [-0.25, -0.2) is 0 Å². The molecule has 0 saturated carbocycles. The molecule has 0 atom stereocenters. The molecule has 0 bridgehead atoms. The fourth-order valence-electron chi connectivity index (χ4n) is 0.499. The zero-order chi connectivity index (χ0) is 5.28. The Kier molecular flexibility index (Phi) is 0.855. The number of ether oxygens (including phenoxy) is 1. The van der Waals surface area contributed by atoms with Crippen LogP contribution in [0.3, 0.4) is 0 Å². The first-order chi connectivity index (χ1) is 3.29. The third-order valence-electron chi connectivity index (χ3n) is 0.833. The van der Waals surface area contributed by atoms with Crippen molar-refractivity contribution in [2.75, 3.05) is 6.61 Å². The van der Waals surface area contributed by atoms with Crippen LogP contribution in [-0.4, -0.2) is 12.5 Å². The van der Waals surface area contributed by atoms with Gasteiger partial charge in [-0.15, -0.1) is 0 Å². The van der Waals surface area contributed by atoms with E-state index in [1.807, 2.05) is 6.92 Å². The summed E-state index contributed by atoms with van der Waals surface area (Å²) in [5, 5.41) is 6.88. The highest BCUT2D eigenvalue weighted by Gasteiger charge is 2.02. The fraction of sp³-hybridized carbons (Fsp3) is 0.400. The topological polar surface area (TPSA) is 33.1 Å². The lowest BCUT2D eigenvalue weighted by atomic mass is 10.3. The molecule has 0 fully saturated rings. The standard InChI is InChI=1S/C5H7NO/c1-4-2-5(6)7-3-4/h2,6H,3H2,1H3. The molecule has 1 heterocycles. The van der Waals surface area contributed by atoms with Crippen LogP contribution in [0.1, 0.15) is 6.92 Å². The van der Waals surface area contributed by atoms with Crippen molar-refractivity contribution in [3.05, 3.63) is 11.6 Å². The Bertz CT molecular complexity index is 126. The molecule has 0 saturated heterocycles. The summed E-state index contributed by atoms with van der Waals surface area (Å²) in [4.78, 5) is 0. The molecule has 0 aromatic heterocycles. The summed E-state index contributed by atoms with van der Waals surface area (Å²) < 4.78 is 4.76. The number of hydrogen-bond acceptors (Lipinski definition) is 2. The summed E-state index contributed by atoms with van der Waals surface area (Å²) in [6.45, 7) is 2.56. The molecule has 0 radical (unpaired) electrons. The SMILES string of the molecule is CC1=CC(=N)OC1. The van der Waals surface area contributed by atoms with E-state index < -0.39 is 0 Å². The smallest absolute Gasteiger partial charge is 0.206 e. The normalized spacial score (nSPS) is 19.0. The lowest BCUT2D eigenvalue weighted by Gasteiger charge is -1.88. The van der Waals surface area contributed by atoms with Gasteiger partial charge < -0.3 is 4.74 Å². The minimum absolute atomic E-state index is 0.289. The van der Waals surface area contributed by atoms with Crippen LogP contribution in [0.5, 0.6) is 0 Å². The van der Waals surface area contributed by atoms with E-state index in [1.54, 1.807) is 6.08 Å². The summed E-state index contributed by atoms with van der Waals surface area (Å²) in [6.07, 6.45) is 1.72. The van der Waals surface area contributed by atoms with Gasteiger partial charge in [-0.05, 0) is 12.5 Å². The highest BCUT2D eigenvalue weighted by molar-refractivity contribution is 5.87. The first-order valence-corrected chi connectivity index (χ1v) is 2.17. The third kappa shape index (κ3) is 0.796. The van der Waals surface area contributed by atoms with Crippen molar-refractivity contribution < 1.29 is 4.74 Å². The molecular formula is C5H7NO. The summed E-state index contributed by atoms with van der Waals surface area (Å²) >= 11 is 0. The Balaban J connectivity index is 2.67. The molecule has 1 rings (SSSR count). The van der Waals surface area contributed by atoms with E-state index in [-0.39, 0.29) is 5.90 Å². The van der Waals surface area contributed by atoms with Crippen molar-refractivity contribution in [2.45, 2.75) is 6.92 Å². The van der Waals surface area contributed by atoms with Crippen LogP contribution in [0.15, 0.2) is 11.6 Å². The van der Waals surface area contributed by atoms with Crippen molar-refractivity contribution in [3.63, 3.8) is 0 Å². The Morgan fingerprint density at radius 1 is 1.86 bits per heavy atom. The van der Waals surface area contributed by atoms with Gasteiger partial charge in [0.25, 0.3) is 0 Å². The van der Waals surface area contributed by atoms with E-state index in [4.69, 9.17) is 10.1 Å². The number of rotatable bonds is 0. The molecular weight excluding hydrogens is 90.1 g/mol. The van der Waals surface area contributed by atoms with Gasteiger partial charge in [-0.1, -0.05) is 0 Å². The summed E-state index contributed by atoms with van der Waals surface area (Å²) in [5.41, 5.74) is 1.13. The number of nitrogens with one attached hydrogen (secondary N) is 1. The molecule has 1 aliphatic rings. The van der Waals surface area contributed by atoms with E-state index in [0.29, 0.717) is 6.61 Å². The largest absolute Gasteiger partial charge is 0.474 e. The quantitative estimate of drug-likeness (QED) is 0.479. The maximum Gasteiger partial charge on any atom is 0.206 e. The predicted molar refractivity (Wildman–Crippen MR) is 27.4 cm³/mol. The molecule has 0 spiro atoms. The van der Waals surface area contributed by atoms with Crippen molar-refractivity contribution >= 4 is 5.90 Å². The lowest BCUT2D eigenvalue weighted by Crippen LogP contribution is -1.89. The maximum atomic E-state index is 6.88. The molecule has 0 unspecified atom stereocenters. The Morgan fingerprint density at radius 3 is 2.71 bits per heavy atom. The highest BCUT2D eigenvalue weighted by atomic mass is 16.5. The van der Waals surface area contributed by atoms with Crippen molar-refractivity contribution in [3.8, 4) is 0 Å². The molecule has 0 aromatic rings. The fourth-order valence-corrected chi connectivity index (χ4v) is 0.499. The second-order valence-corrected chi connectivity index (χ2v) is 1.64. The summed E-state index contributed by atoms with van der Waals surface area (Å²) in [6, 6.07) is 0. The third-order valence-corrected chi connectivity index (χ3v) is 0.833. The van der Waals surface area contributed by atoms with Gasteiger partial charge in [0.1, 0.15) is 6.61 Å². The van der Waals surface area contributed by atoms with E-state index in [9.17, 15) is 0 Å². The first-order valence-electron chi connectivity index (χ1n) is 2.17. The molecule has 7 heavy (non-hydrogen) atoms. The molecule has 38 valence electrons. The van der Waals surface area contributed by atoms with E-state index in [0.717, 1.165) is 5.57 Å². The van der Waals surface area contributed by atoms with Crippen molar-refractivity contribution in [2.24, 2.45) is 0 Å². The minimum Gasteiger partial charge on any atom is -0.474 e. The molecule has 0 aliphatic carbocycles. The first kappa shape index (κ1) is 4.37. The van der Waals surface area contributed by atoms with Crippen LogP contribution in [0.25, 0.3) is 0 Å². The van der Waals surface area contributed by atoms with Gasteiger partial charge in [0.2, 0.25) is 5.90 Å². The van der Waals surface area contributed by atoms with Crippen LogP contribution in [-0.2, 0) is 4.74 Å². The molecule has 0 aromatic carbocycles. The van der Waals surface area contributed by atoms with Crippen LogP contribution < -0.4 is 0 Å². The van der Waals surface area contributed by atoms with Gasteiger partial charge in [-0.2, -0.15) is 0 Å². The average molecular weight is 97.1 g/mol. The van der Waals surface area contributed by atoms with E-state index >= 15 is 0 Å². The lowest BCUT2D eigenvalue weighted by molar-refractivity contribution is 0.355. The van der Waals surface area contributed by atoms with Crippen molar-refractivity contribution in [1.29, 1.82) is 5.41 Å². The Hall–Kier alpha value is -0.790. The van der Waals surface area contributed by atoms with Crippen LogP contribution in [0.4, 0.5) is 0 Å². The van der Waals surface area contributed by atoms with Crippen molar-refractivity contribution in [1.82, 2.24) is 0 Å². The summed E-state index contributed by atoms with van der Waals surface area (Å²) in [7, 11) is 0. The van der Waals surface area contributed by atoms with E-state index in [1.165, 1.54) is 0 Å². The number of hydrogen-bond donors (Lipinski definition) is 1. The zero-order valence-electron chi connectivity index (χ0n) is 4.19. The Morgan fingerprint density at radius 2 is 2.57 bits per heavy atom. The molecule has 1 N–H and O–H groups in total. The second-order valence-electron chi connectivity index (χ2n) is 1.64. The van der Waals surface area contributed by atoms with Gasteiger partial charge in [0.05, 0.1) is 0 Å². The molecule has 0 amide bonds. The predicted octanol–water partition coefficient (Wildman–Crippen LogP) is 0.940. The zero-order valence-corrected chi connectivity index (χ0v) is 4.19.